The van der Waals surface area contributed by atoms with Gasteiger partial charge >= 0.3 is 5.97 Å². The zero-order valence-electron chi connectivity index (χ0n) is 18.1. The quantitative estimate of drug-likeness (QED) is 0.416. The van der Waals surface area contributed by atoms with Crippen molar-refractivity contribution in [1.29, 1.82) is 0 Å². The van der Waals surface area contributed by atoms with Crippen LogP contribution in [0.2, 0.25) is 0 Å². The van der Waals surface area contributed by atoms with Crippen molar-refractivity contribution in [2.24, 2.45) is 11.8 Å². The molecule has 0 radical (unpaired) electrons. The van der Waals surface area contributed by atoms with Gasteiger partial charge in [0.1, 0.15) is 0 Å². The van der Waals surface area contributed by atoms with Gasteiger partial charge in [0.05, 0.1) is 6.10 Å². The zero-order chi connectivity index (χ0) is 21.4. The van der Waals surface area contributed by atoms with E-state index in [0.29, 0.717) is 6.42 Å². The molecule has 0 bridgehead atoms. The highest BCUT2D eigenvalue weighted by molar-refractivity contribution is 5.95. The molecule has 24 heavy (non-hydrogen) atoms. The smallest absolute Gasteiger partial charge is 0.303 e. The number of carbonyl (C=O) groups excluding carboxylic acids is 1. The summed E-state index contributed by atoms with van der Waals surface area (Å²) in [5.74, 6) is -2.16. The van der Waals surface area contributed by atoms with Crippen molar-refractivity contribution in [3.63, 3.8) is 0 Å². The van der Waals surface area contributed by atoms with Crippen molar-refractivity contribution in [3.8, 4) is 0 Å². The van der Waals surface area contributed by atoms with Crippen LogP contribution in [0.5, 0.6) is 0 Å². The van der Waals surface area contributed by atoms with Gasteiger partial charge in [-0.05, 0) is 31.7 Å². The van der Waals surface area contributed by atoms with Gasteiger partial charge in [0, 0.05) is 23.7 Å². The molecule has 1 aliphatic rings. The molecule has 0 saturated heterocycles. The maximum absolute atomic E-state index is 12.1. The normalized spacial score (nSPS) is 25.7. The fourth-order valence-corrected chi connectivity index (χ4v) is 2.54. The molecule has 0 amide bonds. The lowest BCUT2D eigenvalue weighted by molar-refractivity contribution is -0.137. The van der Waals surface area contributed by atoms with E-state index in [1.54, 1.807) is 18.2 Å². The Hall–Kier alpha value is -1.68. The number of hydrogen-bond acceptors (Lipinski definition) is 3. The second-order valence-corrected chi connectivity index (χ2v) is 5.92. The molecule has 1 rings (SSSR count). The van der Waals surface area contributed by atoms with E-state index in [9.17, 15) is 14.7 Å². The van der Waals surface area contributed by atoms with E-state index in [4.69, 9.17) is 10.6 Å². The van der Waals surface area contributed by atoms with Crippen LogP contribution in [0.25, 0.3) is 0 Å². The van der Waals surface area contributed by atoms with Crippen LogP contribution in [-0.4, -0.2) is 28.1 Å². The van der Waals surface area contributed by atoms with E-state index in [-0.39, 0.29) is 18.1 Å². The molecule has 0 spiro atoms. The number of carboxylic acid groups (broad SMARTS) is 1. The Morgan fingerprint density at radius 1 is 1.42 bits per heavy atom. The fraction of sp³-hybridized carbons (Fsp3) is 0.600. The van der Waals surface area contributed by atoms with Gasteiger partial charge in [0.2, 0.25) is 0 Å². The van der Waals surface area contributed by atoms with Gasteiger partial charge in [-0.3, -0.25) is 9.59 Å². The summed E-state index contributed by atoms with van der Waals surface area (Å²) in [6, 6.07) is 0. The van der Waals surface area contributed by atoms with Crippen molar-refractivity contribution < 1.29 is 25.3 Å². The van der Waals surface area contributed by atoms with E-state index in [1.165, 1.54) is 12.2 Å². The van der Waals surface area contributed by atoms with E-state index in [0.717, 1.165) is 25.3 Å². The Morgan fingerprint density at radius 2 is 2.21 bits per heavy atom. The standard InChI is InChI=1S/C20H30O4/c1-2-3-6-9-17(21)14-12-16-13-15-19(22)18(16)10-7-4-5-8-11-20(23)24/h4,7,12-18,21H,2-3,5-6,8-11H2,1H3,(H,23,24)/b7-4+,14-12+/t16-,17-,18+/m0/s1/i5D2,8D2. The Bertz CT molecular complexity index is 626. The minimum Gasteiger partial charge on any atom is -0.481 e. The first-order chi connectivity index (χ1) is 13.0. The molecule has 0 unspecified atom stereocenters. The lowest BCUT2D eigenvalue weighted by Gasteiger charge is -2.13. The lowest BCUT2D eigenvalue weighted by Crippen LogP contribution is -2.14. The molecule has 0 aromatic rings. The third-order valence-corrected chi connectivity index (χ3v) is 3.90. The number of allylic oxidation sites excluding steroid dienone is 5. The topological polar surface area (TPSA) is 74.6 Å². The molecule has 4 nitrogen and oxygen atoms in total. The predicted octanol–water partition coefficient (Wildman–Crippen LogP) is 4.06. The number of hydrogen-bond donors (Lipinski definition) is 2. The summed E-state index contributed by atoms with van der Waals surface area (Å²) in [4.78, 5) is 22.8. The monoisotopic (exact) mass is 338 g/mol. The minimum atomic E-state index is -2.56. The summed E-state index contributed by atoms with van der Waals surface area (Å²) in [7, 11) is 0. The van der Waals surface area contributed by atoms with Crippen LogP contribution in [-0.2, 0) is 9.59 Å². The first-order valence-electron chi connectivity index (χ1n) is 10.5. The first-order valence-corrected chi connectivity index (χ1v) is 8.48. The van der Waals surface area contributed by atoms with Gasteiger partial charge in [0.15, 0.2) is 5.78 Å². The van der Waals surface area contributed by atoms with Gasteiger partial charge < -0.3 is 10.2 Å². The molecular weight excluding hydrogens is 304 g/mol. The second-order valence-electron chi connectivity index (χ2n) is 5.92. The van der Waals surface area contributed by atoms with Crippen molar-refractivity contribution in [1.82, 2.24) is 0 Å². The molecule has 3 atom stereocenters. The van der Waals surface area contributed by atoms with Gasteiger partial charge in [0.25, 0.3) is 0 Å². The molecule has 0 saturated carbocycles. The molecule has 0 heterocycles. The van der Waals surface area contributed by atoms with Gasteiger partial charge in [-0.15, -0.1) is 0 Å². The molecule has 1 aliphatic carbocycles. The van der Waals surface area contributed by atoms with Gasteiger partial charge in [-0.2, -0.15) is 0 Å². The number of unbranched alkanes of at least 4 members (excludes halogenated alkanes) is 2. The first kappa shape index (κ1) is 14.6. The Labute approximate surface area is 150 Å². The van der Waals surface area contributed by atoms with Gasteiger partial charge in [-0.25, -0.2) is 0 Å². The third-order valence-electron chi connectivity index (χ3n) is 3.90. The van der Waals surface area contributed by atoms with Crippen LogP contribution in [0.3, 0.4) is 0 Å². The van der Waals surface area contributed by atoms with Gasteiger partial charge in [-0.1, -0.05) is 56.6 Å². The van der Waals surface area contributed by atoms with Crippen LogP contribution in [0.4, 0.5) is 0 Å². The van der Waals surface area contributed by atoms with Crippen LogP contribution in [0.15, 0.2) is 36.5 Å². The molecular formula is C20H30O4. The highest BCUT2D eigenvalue weighted by atomic mass is 16.4. The van der Waals surface area contributed by atoms with Crippen LogP contribution < -0.4 is 0 Å². The number of aliphatic hydroxyl groups excluding tert-OH is 1. The highest BCUT2D eigenvalue weighted by Crippen LogP contribution is 2.27. The minimum absolute atomic E-state index is 0.103. The van der Waals surface area contributed by atoms with Crippen LogP contribution in [0.1, 0.15) is 63.7 Å². The van der Waals surface area contributed by atoms with E-state index in [2.05, 4.69) is 6.92 Å². The summed E-state index contributed by atoms with van der Waals surface area (Å²) >= 11 is 0. The summed E-state index contributed by atoms with van der Waals surface area (Å²) in [5, 5.41) is 18.7. The third kappa shape index (κ3) is 8.25. The summed E-state index contributed by atoms with van der Waals surface area (Å²) < 4.78 is 30.9. The van der Waals surface area contributed by atoms with Crippen LogP contribution >= 0.6 is 0 Å². The average Bonchev–Trinajstić information content (AvgIpc) is 2.92. The summed E-state index contributed by atoms with van der Waals surface area (Å²) in [5.41, 5.74) is 0. The number of rotatable bonds is 12. The summed E-state index contributed by atoms with van der Waals surface area (Å²) in [6.45, 7) is 2.09. The average molecular weight is 338 g/mol. The molecule has 0 aromatic carbocycles. The maximum atomic E-state index is 12.1. The SMILES string of the molecule is [2H]C([2H])(/C=C/C[C@H]1C(=O)C=C[C@@H]1/C=C/[C@@H](O)CCCCC)C([2H])([2H])CC(=O)O. The summed E-state index contributed by atoms with van der Waals surface area (Å²) in [6.07, 6.45) is 6.46. The fourth-order valence-electron chi connectivity index (χ4n) is 2.54. The largest absolute Gasteiger partial charge is 0.481 e. The zero-order valence-corrected chi connectivity index (χ0v) is 14.1. The number of aliphatic hydroxyl groups is 1. The van der Waals surface area contributed by atoms with Crippen molar-refractivity contribution in [2.45, 2.75) is 64.3 Å². The lowest BCUT2D eigenvalue weighted by atomic mass is 9.90. The molecule has 4 heteroatoms. The molecule has 0 fully saturated rings. The predicted molar refractivity (Wildman–Crippen MR) is 95.7 cm³/mol. The Balaban J connectivity index is 2.69. The van der Waals surface area contributed by atoms with E-state index in [1.807, 2.05) is 0 Å². The number of aliphatic carboxylic acids is 1. The molecule has 2 N–H and O–H groups in total. The van der Waals surface area contributed by atoms with Crippen molar-refractivity contribution >= 4 is 11.8 Å². The second kappa shape index (κ2) is 11.8. The number of carboxylic acids is 1. The highest BCUT2D eigenvalue weighted by Gasteiger charge is 2.27. The van der Waals surface area contributed by atoms with Crippen molar-refractivity contribution in [3.05, 3.63) is 36.5 Å². The van der Waals surface area contributed by atoms with Crippen LogP contribution in [0, 0.1) is 11.8 Å². The molecule has 0 aromatic heterocycles. The maximum Gasteiger partial charge on any atom is 0.303 e. The molecule has 134 valence electrons. The number of carbonyl (C=O) groups is 2. The van der Waals surface area contributed by atoms with Crippen molar-refractivity contribution in [2.75, 3.05) is 0 Å². The molecule has 0 aliphatic heterocycles. The Morgan fingerprint density at radius 3 is 2.92 bits per heavy atom. The number of ketones is 1. The van der Waals surface area contributed by atoms with E-state index >= 15 is 0 Å². The van der Waals surface area contributed by atoms with E-state index < -0.39 is 37.2 Å². The Kier molecular flexibility index (Phi) is 7.20.